The SMILES string of the molecule is C=N/C(C)=C\N(CC)CCC(=O)N1CCc2c(sc(NC)c2C#N)C1.COc1ccc(C)cc1CCC=O. The van der Waals surface area contributed by atoms with E-state index in [1.165, 1.54) is 5.56 Å². The third-order valence-corrected chi connectivity index (χ3v) is 7.59. The maximum Gasteiger partial charge on any atom is 0.224 e. The largest absolute Gasteiger partial charge is 0.496 e. The number of nitrogens with zero attached hydrogens (tertiary/aromatic N) is 4. The lowest BCUT2D eigenvalue weighted by atomic mass is 10.0. The number of aldehydes is 1. The van der Waals surface area contributed by atoms with E-state index in [0.717, 1.165) is 63.7 Å². The molecule has 1 aromatic heterocycles. The van der Waals surface area contributed by atoms with E-state index < -0.39 is 0 Å². The van der Waals surface area contributed by atoms with Crippen LogP contribution in [0, 0.1) is 18.3 Å². The molecule has 1 amide bonds. The molecule has 38 heavy (non-hydrogen) atoms. The fraction of sp³-hybridized carbons (Fsp3) is 0.448. The normalized spacial score (nSPS) is 12.4. The van der Waals surface area contributed by atoms with Crippen molar-refractivity contribution in [3.63, 3.8) is 0 Å². The number of aliphatic imine (C=N–C) groups is 1. The summed E-state index contributed by atoms with van der Waals surface area (Å²) >= 11 is 1.58. The van der Waals surface area contributed by atoms with E-state index in [1.807, 2.05) is 44.1 Å². The summed E-state index contributed by atoms with van der Waals surface area (Å²) in [6.45, 7) is 12.3. The van der Waals surface area contributed by atoms with E-state index in [9.17, 15) is 14.9 Å². The first-order valence-corrected chi connectivity index (χ1v) is 13.6. The number of thiophene rings is 1. The van der Waals surface area contributed by atoms with Gasteiger partial charge in [-0.15, -0.1) is 11.3 Å². The molecule has 0 fully saturated rings. The van der Waals surface area contributed by atoms with Gasteiger partial charge >= 0.3 is 0 Å². The third-order valence-electron chi connectivity index (χ3n) is 6.35. The first-order valence-electron chi connectivity index (χ1n) is 12.8. The van der Waals surface area contributed by atoms with Crippen LogP contribution in [-0.2, 0) is 29.0 Å². The van der Waals surface area contributed by atoms with E-state index in [-0.39, 0.29) is 5.91 Å². The Bertz CT molecular complexity index is 1180. The number of rotatable bonds is 11. The number of fused-ring (bicyclic) bond motifs is 1. The Balaban J connectivity index is 0.000000328. The van der Waals surface area contributed by atoms with Crippen molar-refractivity contribution < 1.29 is 14.3 Å². The van der Waals surface area contributed by atoms with Gasteiger partial charge in [-0.2, -0.15) is 5.26 Å². The van der Waals surface area contributed by atoms with Gasteiger partial charge in [0.15, 0.2) is 0 Å². The van der Waals surface area contributed by atoms with Gasteiger partial charge < -0.3 is 24.6 Å². The minimum Gasteiger partial charge on any atom is -0.496 e. The van der Waals surface area contributed by atoms with E-state index in [2.05, 4.69) is 41.0 Å². The molecule has 1 aliphatic heterocycles. The molecule has 0 bridgehead atoms. The molecule has 2 aromatic rings. The highest BCUT2D eigenvalue weighted by Gasteiger charge is 2.26. The summed E-state index contributed by atoms with van der Waals surface area (Å²) in [5, 5.41) is 13.3. The second-order valence-electron chi connectivity index (χ2n) is 8.96. The standard InChI is InChI=1S/C18H25N5OS.C11H14O2/c1-5-22(11-13(2)20-3)8-7-17(24)23-9-6-14-15(10-19)18(21-4)25-16(14)12-23;1-9-5-6-11(13-2)10(8-9)4-3-7-12/h11,21H,3,5-9,12H2,1-2,4H3;5-8H,3-4H2,1-2H3/b13-11-;. The molecule has 0 aliphatic carbocycles. The molecular formula is C29H39N5O3S. The van der Waals surface area contributed by atoms with Gasteiger partial charge in [0.25, 0.3) is 0 Å². The number of allylic oxidation sites excluding steroid dienone is 1. The van der Waals surface area contributed by atoms with Gasteiger partial charge in [-0.25, -0.2) is 0 Å². The van der Waals surface area contributed by atoms with Crippen LogP contribution in [0.1, 0.15) is 53.8 Å². The zero-order chi connectivity index (χ0) is 28.1. The van der Waals surface area contributed by atoms with Gasteiger partial charge in [0.2, 0.25) is 5.91 Å². The van der Waals surface area contributed by atoms with Crippen LogP contribution in [-0.4, -0.2) is 62.5 Å². The summed E-state index contributed by atoms with van der Waals surface area (Å²) in [6.07, 6.45) is 5.40. The fourth-order valence-electron chi connectivity index (χ4n) is 4.24. The van der Waals surface area contributed by atoms with E-state index in [4.69, 9.17) is 4.74 Å². The first kappa shape index (κ1) is 30.6. The molecule has 0 atom stereocenters. The van der Waals surface area contributed by atoms with Crippen LogP contribution in [0.3, 0.4) is 0 Å². The van der Waals surface area contributed by atoms with Crippen molar-refractivity contribution in [1.82, 2.24) is 9.80 Å². The quantitative estimate of drug-likeness (QED) is 0.322. The number of nitrogens with one attached hydrogen (secondary N) is 1. The predicted molar refractivity (Wildman–Crippen MR) is 155 cm³/mol. The molecule has 0 spiro atoms. The third kappa shape index (κ3) is 8.45. The average Bonchev–Trinajstić information content (AvgIpc) is 3.31. The molecule has 0 radical (unpaired) electrons. The van der Waals surface area contributed by atoms with Gasteiger partial charge in [-0.3, -0.25) is 9.79 Å². The molecule has 1 N–H and O–H groups in total. The Morgan fingerprint density at radius 1 is 1.42 bits per heavy atom. The fourth-order valence-corrected chi connectivity index (χ4v) is 5.41. The lowest BCUT2D eigenvalue weighted by Crippen LogP contribution is -2.37. The van der Waals surface area contributed by atoms with Crippen molar-refractivity contribution in [3.8, 4) is 11.8 Å². The minimum absolute atomic E-state index is 0.152. The van der Waals surface area contributed by atoms with E-state index >= 15 is 0 Å². The van der Waals surface area contributed by atoms with Gasteiger partial charge in [0.1, 0.15) is 23.1 Å². The molecule has 8 nitrogen and oxygen atoms in total. The highest BCUT2D eigenvalue weighted by atomic mass is 32.1. The van der Waals surface area contributed by atoms with Crippen LogP contribution in [0.15, 0.2) is 35.1 Å². The van der Waals surface area contributed by atoms with Crippen LogP contribution in [0.2, 0.25) is 0 Å². The van der Waals surface area contributed by atoms with Crippen molar-refractivity contribution in [3.05, 3.63) is 57.2 Å². The number of hydrogen-bond donors (Lipinski definition) is 1. The summed E-state index contributed by atoms with van der Waals surface area (Å²) in [5.41, 5.74) is 4.99. The molecule has 2 heterocycles. The number of aryl methyl sites for hydroxylation is 2. The Kier molecular flexibility index (Phi) is 12.5. The maximum atomic E-state index is 12.6. The predicted octanol–water partition coefficient (Wildman–Crippen LogP) is 4.96. The molecule has 3 rings (SSSR count). The number of amides is 1. The second kappa shape index (κ2) is 15.6. The summed E-state index contributed by atoms with van der Waals surface area (Å²) in [4.78, 5) is 31.8. The Labute approximate surface area is 230 Å². The highest BCUT2D eigenvalue weighted by Crippen LogP contribution is 2.36. The molecule has 204 valence electrons. The number of benzene rings is 1. The van der Waals surface area contributed by atoms with Crippen molar-refractivity contribution in [2.75, 3.05) is 39.1 Å². The number of ether oxygens (including phenoxy) is 1. The summed E-state index contributed by atoms with van der Waals surface area (Å²) in [5.74, 6) is 1.02. The monoisotopic (exact) mass is 537 g/mol. The number of carbonyl (C=O) groups excluding carboxylic acids is 2. The van der Waals surface area contributed by atoms with Crippen molar-refractivity contribution in [2.45, 2.75) is 53.0 Å². The molecule has 1 aromatic carbocycles. The van der Waals surface area contributed by atoms with E-state index in [1.54, 1.807) is 18.4 Å². The zero-order valence-electron chi connectivity index (χ0n) is 23.2. The Morgan fingerprint density at radius 2 is 2.18 bits per heavy atom. The molecule has 0 saturated heterocycles. The van der Waals surface area contributed by atoms with Gasteiger partial charge in [-0.1, -0.05) is 17.7 Å². The Hall–Kier alpha value is -3.64. The van der Waals surface area contributed by atoms with Crippen LogP contribution in [0.4, 0.5) is 5.00 Å². The second-order valence-corrected chi connectivity index (χ2v) is 10.1. The Morgan fingerprint density at radius 3 is 2.79 bits per heavy atom. The van der Waals surface area contributed by atoms with Crippen LogP contribution < -0.4 is 10.1 Å². The summed E-state index contributed by atoms with van der Waals surface area (Å²) in [7, 11) is 3.48. The lowest BCUT2D eigenvalue weighted by molar-refractivity contribution is -0.132. The summed E-state index contributed by atoms with van der Waals surface area (Å²) in [6, 6.07) is 8.29. The smallest absolute Gasteiger partial charge is 0.224 e. The first-order chi connectivity index (χ1) is 18.3. The molecule has 0 unspecified atom stereocenters. The average molecular weight is 538 g/mol. The number of anilines is 1. The summed E-state index contributed by atoms with van der Waals surface area (Å²) < 4.78 is 5.18. The molecule has 0 saturated carbocycles. The molecule has 1 aliphatic rings. The van der Waals surface area contributed by atoms with Crippen molar-refractivity contribution in [1.29, 1.82) is 5.26 Å². The van der Waals surface area contributed by atoms with E-state index in [0.29, 0.717) is 32.5 Å². The van der Waals surface area contributed by atoms with Gasteiger partial charge in [-0.05, 0) is 57.5 Å². The van der Waals surface area contributed by atoms with Gasteiger partial charge in [0.05, 0.1) is 24.9 Å². The number of nitriles is 1. The van der Waals surface area contributed by atoms with Crippen LogP contribution in [0.25, 0.3) is 0 Å². The zero-order valence-corrected chi connectivity index (χ0v) is 24.0. The lowest BCUT2D eigenvalue weighted by Gasteiger charge is -2.28. The number of hydrogen-bond acceptors (Lipinski definition) is 8. The van der Waals surface area contributed by atoms with Crippen molar-refractivity contribution in [2.24, 2.45) is 4.99 Å². The van der Waals surface area contributed by atoms with Crippen LogP contribution >= 0.6 is 11.3 Å². The van der Waals surface area contributed by atoms with Crippen LogP contribution in [0.5, 0.6) is 5.75 Å². The number of carbonyl (C=O) groups is 2. The number of methoxy groups -OCH3 is 1. The van der Waals surface area contributed by atoms with Gasteiger partial charge in [0, 0.05) is 50.6 Å². The topological polar surface area (TPSA) is 98.0 Å². The highest BCUT2D eigenvalue weighted by molar-refractivity contribution is 7.16. The minimum atomic E-state index is 0.152. The van der Waals surface area contributed by atoms with Crippen molar-refractivity contribution >= 4 is 35.2 Å². The molecule has 9 heteroatoms. The molecular weight excluding hydrogens is 498 g/mol. The maximum absolute atomic E-state index is 12.6.